The Hall–Kier alpha value is -3.09. The van der Waals surface area contributed by atoms with Crippen LogP contribution in [0, 0.1) is 12.8 Å². The summed E-state index contributed by atoms with van der Waals surface area (Å²) < 4.78 is 0. The van der Waals surface area contributed by atoms with Gasteiger partial charge in [0.2, 0.25) is 0 Å². The number of aromatic nitrogens is 5. The van der Waals surface area contributed by atoms with Crippen LogP contribution >= 0.6 is 0 Å². The second-order valence-electron chi connectivity index (χ2n) is 8.09. The van der Waals surface area contributed by atoms with Gasteiger partial charge < -0.3 is 4.90 Å². The number of hydrogen-bond donors (Lipinski definition) is 1. The fourth-order valence-corrected chi connectivity index (χ4v) is 3.84. The van der Waals surface area contributed by atoms with Crippen LogP contribution in [0.25, 0.3) is 11.1 Å². The lowest BCUT2D eigenvalue weighted by atomic mass is 9.99. The maximum atomic E-state index is 12.8. The molecule has 1 aliphatic rings. The molecule has 4 rings (SSSR count). The summed E-state index contributed by atoms with van der Waals surface area (Å²) in [4.78, 5) is 27.6. The lowest BCUT2D eigenvalue weighted by molar-refractivity contribution is 0.0781. The van der Waals surface area contributed by atoms with Gasteiger partial charge in [-0.25, -0.2) is 9.97 Å². The number of aryl methyl sites for hydroxylation is 1. The number of nitrogens with one attached hydrogen (secondary N) is 1. The van der Waals surface area contributed by atoms with Crippen molar-refractivity contribution >= 4 is 5.91 Å². The molecular formula is C22H28N6O. The van der Waals surface area contributed by atoms with Crippen molar-refractivity contribution in [3.8, 4) is 11.1 Å². The van der Waals surface area contributed by atoms with E-state index in [4.69, 9.17) is 4.98 Å². The summed E-state index contributed by atoms with van der Waals surface area (Å²) in [6.07, 6.45) is 7.00. The van der Waals surface area contributed by atoms with Crippen LogP contribution in [-0.2, 0) is 6.42 Å². The zero-order chi connectivity index (χ0) is 20.4. The molecule has 0 radical (unpaired) electrons. The van der Waals surface area contributed by atoms with Crippen molar-refractivity contribution in [2.24, 2.45) is 5.92 Å². The van der Waals surface area contributed by atoms with Gasteiger partial charge in [-0.15, -0.1) is 0 Å². The van der Waals surface area contributed by atoms with Crippen LogP contribution in [0.5, 0.6) is 0 Å². The van der Waals surface area contributed by atoms with Gasteiger partial charge in [-0.05, 0) is 55.4 Å². The Bertz CT molecular complexity index is 1000. The highest BCUT2D eigenvalue weighted by Gasteiger charge is 2.29. The second kappa shape index (κ2) is 8.11. The maximum absolute atomic E-state index is 12.8. The highest BCUT2D eigenvalue weighted by Crippen LogP contribution is 2.25. The highest BCUT2D eigenvalue weighted by atomic mass is 16.2. The third-order valence-electron chi connectivity index (χ3n) is 5.41. The number of H-pyrrole nitrogens is 1. The van der Waals surface area contributed by atoms with E-state index in [2.05, 4.69) is 46.1 Å². The average Bonchev–Trinajstić information content (AvgIpc) is 3.38. The fraction of sp³-hybridized carbons (Fsp3) is 0.409. The van der Waals surface area contributed by atoms with Crippen LogP contribution in [0.1, 0.15) is 55.2 Å². The van der Waals surface area contributed by atoms with Crippen molar-refractivity contribution in [1.29, 1.82) is 0 Å². The minimum absolute atomic E-state index is 0. The Morgan fingerprint density at radius 2 is 2.03 bits per heavy atom. The smallest absolute Gasteiger partial charge is 0.274 e. The van der Waals surface area contributed by atoms with Crippen LogP contribution < -0.4 is 0 Å². The van der Waals surface area contributed by atoms with Crippen molar-refractivity contribution in [2.75, 3.05) is 13.1 Å². The van der Waals surface area contributed by atoms with Gasteiger partial charge in [0.05, 0.1) is 0 Å². The van der Waals surface area contributed by atoms with Gasteiger partial charge >= 0.3 is 0 Å². The molecule has 0 aromatic carbocycles. The summed E-state index contributed by atoms with van der Waals surface area (Å²) in [5.41, 5.74) is 5.59. The molecular weight excluding hydrogens is 364 g/mol. The van der Waals surface area contributed by atoms with E-state index in [1.54, 1.807) is 0 Å². The number of carbonyl (C=O) groups is 1. The van der Waals surface area contributed by atoms with Gasteiger partial charge in [-0.3, -0.25) is 14.9 Å². The Kier molecular flexibility index (Phi) is 5.38. The topological polar surface area (TPSA) is 87.7 Å². The molecule has 7 nitrogen and oxygen atoms in total. The van der Waals surface area contributed by atoms with E-state index in [-0.39, 0.29) is 7.33 Å². The molecule has 1 N–H and O–H groups in total. The minimum Gasteiger partial charge on any atom is -0.337 e. The van der Waals surface area contributed by atoms with Crippen molar-refractivity contribution in [2.45, 2.75) is 39.5 Å². The van der Waals surface area contributed by atoms with Crippen LogP contribution in [0.3, 0.4) is 0 Å². The first-order valence-corrected chi connectivity index (χ1v) is 10.1. The van der Waals surface area contributed by atoms with Gasteiger partial charge in [0.1, 0.15) is 12.0 Å². The van der Waals surface area contributed by atoms with E-state index in [0.717, 1.165) is 54.1 Å². The molecule has 0 spiro atoms. The third kappa shape index (κ3) is 4.34. The Balaban J connectivity index is 0.00000256. The lowest BCUT2D eigenvalue weighted by Crippen LogP contribution is -2.29. The maximum Gasteiger partial charge on any atom is 0.274 e. The quantitative estimate of drug-likeness (QED) is 0.716. The van der Waals surface area contributed by atoms with Gasteiger partial charge in [0.25, 0.3) is 5.91 Å². The summed E-state index contributed by atoms with van der Waals surface area (Å²) in [7, 11) is 0. The predicted molar refractivity (Wildman–Crippen MR) is 113 cm³/mol. The molecule has 0 saturated carbocycles. The SMILES string of the molecule is Cc1cc(-c2cncnc2)cc(CC2CCN(C(=O)c3cc(C(C)C)[nH]n3)C2)n1.[HH]. The molecule has 0 bridgehead atoms. The molecule has 3 aromatic heterocycles. The van der Waals surface area contributed by atoms with Gasteiger partial charge in [-0.2, -0.15) is 5.10 Å². The van der Waals surface area contributed by atoms with E-state index in [1.807, 2.05) is 30.3 Å². The largest absolute Gasteiger partial charge is 0.337 e. The predicted octanol–water partition coefficient (Wildman–Crippen LogP) is 3.64. The number of aromatic amines is 1. The Labute approximate surface area is 172 Å². The van der Waals surface area contributed by atoms with Gasteiger partial charge in [0, 0.05) is 49.6 Å². The molecule has 3 aromatic rings. The zero-order valence-electron chi connectivity index (χ0n) is 17.1. The molecule has 1 amide bonds. The average molecular weight is 393 g/mol. The number of amides is 1. The molecule has 4 heterocycles. The number of nitrogens with zero attached hydrogens (tertiary/aromatic N) is 5. The number of pyridine rings is 1. The van der Waals surface area contributed by atoms with Crippen LogP contribution in [0.4, 0.5) is 0 Å². The molecule has 1 atom stereocenters. The molecule has 1 saturated heterocycles. The van der Waals surface area contributed by atoms with Crippen LogP contribution in [0.15, 0.2) is 36.9 Å². The number of carbonyl (C=O) groups excluding carboxylic acids is 1. The van der Waals surface area contributed by atoms with Crippen molar-refractivity contribution in [1.82, 2.24) is 30.0 Å². The number of likely N-dealkylation sites (tertiary alicyclic amines) is 1. The van der Waals surface area contributed by atoms with Gasteiger partial charge in [-0.1, -0.05) is 13.8 Å². The highest BCUT2D eigenvalue weighted by molar-refractivity contribution is 5.92. The molecule has 0 aliphatic carbocycles. The second-order valence-corrected chi connectivity index (χ2v) is 8.09. The molecule has 1 unspecified atom stereocenters. The third-order valence-corrected chi connectivity index (χ3v) is 5.41. The molecule has 1 fully saturated rings. The lowest BCUT2D eigenvalue weighted by Gasteiger charge is -2.15. The number of hydrogen-bond acceptors (Lipinski definition) is 5. The Morgan fingerprint density at radius 3 is 2.76 bits per heavy atom. The molecule has 7 heteroatoms. The van der Waals surface area contributed by atoms with Crippen molar-refractivity contribution in [3.63, 3.8) is 0 Å². The standard InChI is InChI=1S/C22H26N6O.H2/c1-14(2)20-9-21(27-26-20)22(29)28-5-4-16(12-28)7-19-8-17(6-15(3)25-19)18-10-23-13-24-11-18;/h6,8-11,13-14,16H,4-5,7,12H2,1-3H3,(H,26,27);1H. The van der Waals surface area contributed by atoms with Crippen molar-refractivity contribution in [3.05, 3.63) is 59.7 Å². The summed E-state index contributed by atoms with van der Waals surface area (Å²) >= 11 is 0. The molecule has 1 aliphatic heterocycles. The monoisotopic (exact) mass is 392 g/mol. The zero-order valence-corrected chi connectivity index (χ0v) is 17.1. The van der Waals surface area contributed by atoms with E-state index in [0.29, 0.717) is 17.5 Å². The van der Waals surface area contributed by atoms with E-state index in [9.17, 15) is 4.79 Å². The summed E-state index contributed by atoms with van der Waals surface area (Å²) in [6.45, 7) is 7.67. The normalized spacial score (nSPS) is 16.6. The minimum atomic E-state index is 0. The van der Waals surface area contributed by atoms with Crippen LogP contribution in [-0.4, -0.2) is 49.0 Å². The van der Waals surface area contributed by atoms with Crippen LogP contribution in [0.2, 0.25) is 0 Å². The summed E-state index contributed by atoms with van der Waals surface area (Å²) in [5, 5.41) is 7.18. The Morgan fingerprint density at radius 1 is 1.24 bits per heavy atom. The van der Waals surface area contributed by atoms with E-state index in [1.165, 1.54) is 6.33 Å². The summed E-state index contributed by atoms with van der Waals surface area (Å²) in [5.74, 6) is 0.735. The summed E-state index contributed by atoms with van der Waals surface area (Å²) in [6, 6.07) is 6.03. The van der Waals surface area contributed by atoms with Gasteiger partial charge in [0.15, 0.2) is 0 Å². The van der Waals surface area contributed by atoms with E-state index >= 15 is 0 Å². The fourth-order valence-electron chi connectivity index (χ4n) is 3.84. The number of rotatable bonds is 5. The first kappa shape index (κ1) is 19.2. The molecule has 152 valence electrons. The van der Waals surface area contributed by atoms with E-state index < -0.39 is 0 Å². The molecule has 29 heavy (non-hydrogen) atoms. The first-order valence-electron chi connectivity index (χ1n) is 10.1. The van der Waals surface area contributed by atoms with Crippen molar-refractivity contribution < 1.29 is 6.22 Å². The first-order chi connectivity index (χ1) is 14.0.